The Bertz CT molecular complexity index is 676. The van der Waals surface area contributed by atoms with Crippen molar-refractivity contribution in [3.63, 3.8) is 0 Å². The van der Waals surface area contributed by atoms with Crippen molar-refractivity contribution in [1.29, 1.82) is 0 Å². The van der Waals surface area contributed by atoms with Crippen LogP contribution in [0.25, 0.3) is 22.2 Å². The van der Waals surface area contributed by atoms with Crippen molar-refractivity contribution in [3.05, 3.63) is 41.1 Å². The number of hydrogen-bond donors (Lipinski definition) is 1. The third-order valence-electron chi connectivity index (χ3n) is 2.40. The lowest BCUT2D eigenvalue weighted by atomic mass is 10.1. The predicted octanol–water partition coefficient (Wildman–Crippen LogP) is 2.92. The van der Waals surface area contributed by atoms with Crippen molar-refractivity contribution >= 4 is 26.8 Å². The van der Waals surface area contributed by atoms with E-state index in [-0.39, 0.29) is 5.82 Å². The molecular formula is C11H6BrFN4. The van der Waals surface area contributed by atoms with Crippen LogP contribution in [0.5, 0.6) is 0 Å². The lowest BCUT2D eigenvalue weighted by Gasteiger charge is -2.04. The van der Waals surface area contributed by atoms with E-state index in [9.17, 15) is 4.39 Å². The topological polar surface area (TPSA) is 54.5 Å². The fourth-order valence-electron chi connectivity index (χ4n) is 1.67. The van der Waals surface area contributed by atoms with E-state index in [0.717, 1.165) is 16.6 Å². The van der Waals surface area contributed by atoms with Gasteiger partial charge in [0.25, 0.3) is 0 Å². The van der Waals surface area contributed by atoms with Crippen LogP contribution < -0.4 is 0 Å². The Hall–Kier alpha value is -1.82. The van der Waals surface area contributed by atoms with E-state index >= 15 is 0 Å². The molecule has 1 N–H and O–H groups in total. The Balaban J connectivity index is 2.38. The van der Waals surface area contributed by atoms with Crippen molar-refractivity contribution in [2.45, 2.75) is 0 Å². The summed E-state index contributed by atoms with van der Waals surface area (Å²) in [6.45, 7) is 0. The van der Waals surface area contributed by atoms with E-state index in [4.69, 9.17) is 0 Å². The molecule has 0 bridgehead atoms. The Morgan fingerprint density at radius 3 is 2.88 bits per heavy atom. The summed E-state index contributed by atoms with van der Waals surface area (Å²) in [5, 5.41) is 7.39. The molecule has 0 atom stereocenters. The van der Waals surface area contributed by atoms with Crippen LogP contribution in [0.1, 0.15) is 0 Å². The van der Waals surface area contributed by atoms with Gasteiger partial charge < -0.3 is 0 Å². The van der Waals surface area contributed by atoms with Crippen molar-refractivity contribution in [2.24, 2.45) is 0 Å². The highest BCUT2D eigenvalue weighted by Crippen LogP contribution is 2.26. The molecule has 0 saturated carbocycles. The second kappa shape index (κ2) is 3.89. The molecule has 0 aliphatic carbocycles. The van der Waals surface area contributed by atoms with Crippen LogP contribution in [-0.4, -0.2) is 20.2 Å². The van der Waals surface area contributed by atoms with E-state index in [1.807, 2.05) is 0 Å². The number of nitrogens with zero attached hydrogens (tertiary/aromatic N) is 3. The maximum absolute atomic E-state index is 13.1. The minimum absolute atomic E-state index is 0.318. The number of hydrogen-bond acceptors (Lipinski definition) is 3. The second-order valence-corrected chi connectivity index (χ2v) is 4.20. The molecule has 0 spiro atoms. The standard InChI is InChI=1S/C11H6BrFN4/c12-11-16-9-3-7(13)1-2-8(9)10(17-11)6-4-14-15-5-6/h1-5H,(H,14,15). The first kappa shape index (κ1) is 10.3. The van der Waals surface area contributed by atoms with E-state index in [2.05, 4.69) is 36.1 Å². The van der Waals surface area contributed by atoms with Crippen LogP contribution in [0.15, 0.2) is 35.3 Å². The molecule has 0 saturated heterocycles. The maximum atomic E-state index is 13.1. The number of halogens is 2. The van der Waals surface area contributed by atoms with Crippen LogP contribution in [-0.2, 0) is 0 Å². The molecule has 4 nitrogen and oxygen atoms in total. The Kier molecular flexibility index (Phi) is 2.36. The number of H-pyrrole nitrogens is 1. The van der Waals surface area contributed by atoms with E-state index in [1.54, 1.807) is 18.5 Å². The summed E-state index contributed by atoms with van der Waals surface area (Å²) in [5.74, 6) is -0.318. The van der Waals surface area contributed by atoms with Crippen molar-refractivity contribution in [3.8, 4) is 11.3 Å². The summed E-state index contributed by atoms with van der Waals surface area (Å²) < 4.78 is 13.6. The predicted molar refractivity (Wildman–Crippen MR) is 64.8 cm³/mol. The van der Waals surface area contributed by atoms with Crippen LogP contribution in [0.3, 0.4) is 0 Å². The average Bonchev–Trinajstić information content (AvgIpc) is 2.80. The summed E-state index contributed by atoms with van der Waals surface area (Å²) in [5.41, 5.74) is 2.11. The smallest absolute Gasteiger partial charge is 0.197 e. The van der Waals surface area contributed by atoms with Gasteiger partial charge in [-0.2, -0.15) is 5.10 Å². The summed E-state index contributed by atoms with van der Waals surface area (Å²) in [7, 11) is 0. The van der Waals surface area contributed by atoms with Crippen LogP contribution in [0, 0.1) is 5.82 Å². The summed E-state index contributed by atoms with van der Waals surface area (Å²) >= 11 is 3.22. The SMILES string of the molecule is Fc1ccc2c(-c3cn[nH]c3)nc(Br)nc2c1. The Morgan fingerprint density at radius 2 is 2.12 bits per heavy atom. The minimum Gasteiger partial charge on any atom is -0.285 e. The van der Waals surface area contributed by atoms with E-state index in [1.165, 1.54) is 12.1 Å². The number of aromatic nitrogens is 4. The molecule has 3 rings (SSSR count). The minimum atomic E-state index is -0.318. The first-order valence-electron chi connectivity index (χ1n) is 4.86. The zero-order valence-corrected chi connectivity index (χ0v) is 10.1. The lowest BCUT2D eigenvalue weighted by molar-refractivity contribution is 0.629. The van der Waals surface area contributed by atoms with Gasteiger partial charge in [-0.3, -0.25) is 5.10 Å². The number of fused-ring (bicyclic) bond motifs is 1. The first-order chi connectivity index (χ1) is 8.24. The molecule has 0 radical (unpaired) electrons. The third kappa shape index (κ3) is 1.80. The monoisotopic (exact) mass is 292 g/mol. The Labute approximate surface area is 104 Å². The van der Waals surface area contributed by atoms with Gasteiger partial charge in [-0.1, -0.05) is 0 Å². The summed E-state index contributed by atoms with van der Waals surface area (Å²) in [6, 6.07) is 4.44. The fraction of sp³-hybridized carbons (Fsp3) is 0. The van der Waals surface area contributed by atoms with Gasteiger partial charge in [-0.25, -0.2) is 14.4 Å². The van der Waals surface area contributed by atoms with Crippen molar-refractivity contribution in [2.75, 3.05) is 0 Å². The quantitative estimate of drug-likeness (QED) is 0.702. The third-order valence-corrected chi connectivity index (χ3v) is 2.76. The molecule has 0 unspecified atom stereocenters. The van der Waals surface area contributed by atoms with Gasteiger partial charge in [0.2, 0.25) is 0 Å². The zero-order valence-electron chi connectivity index (χ0n) is 8.48. The number of benzene rings is 1. The van der Waals surface area contributed by atoms with Gasteiger partial charge in [0.15, 0.2) is 4.73 Å². The van der Waals surface area contributed by atoms with Gasteiger partial charge in [0, 0.05) is 23.2 Å². The number of rotatable bonds is 1. The van der Waals surface area contributed by atoms with Gasteiger partial charge in [0.1, 0.15) is 5.82 Å². The molecule has 6 heteroatoms. The fourth-order valence-corrected chi connectivity index (χ4v) is 2.04. The van der Waals surface area contributed by atoms with Crippen LogP contribution in [0.2, 0.25) is 0 Å². The molecule has 2 aromatic heterocycles. The second-order valence-electron chi connectivity index (χ2n) is 3.49. The number of nitrogens with one attached hydrogen (secondary N) is 1. The molecule has 17 heavy (non-hydrogen) atoms. The molecule has 0 amide bonds. The molecule has 3 aromatic rings. The molecule has 1 aromatic carbocycles. The zero-order chi connectivity index (χ0) is 11.8. The van der Waals surface area contributed by atoms with Gasteiger partial charge in [-0.05, 0) is 28.1 Å². The summed E-state index contributed by atoms with van der Waals surface area (Å²) in [4.78, 5) is 8.44. The van der Waals surface area contributed by atoms with E-state index < -0.39 is 0 Å². The largest absolute Gasteiger partial charge is 0.285 e. The molecule has 0 fully saturated rings. The van der Waals surface area contributed by atoms with Crippen molar-refractivity contribution in [1.82, 2.24) is 20.2 Å². The Morgan fingerprint density at radius 1 is 1.24 bits per heavy atom. The normalized spacial score (nSPS) is 10.9. The average molecular weight is 293 g/mol. The van der Waals surface area contributed by atoms with Gasteiger partial charge >= 0.3 is 0 Å². The highest BCUT2D eigenvalue weighted by molar-refractivity contribution is 9.10. The van der Waals surface area contributed by atoms with Crippen LogP contribution >= 0.6 is 15.9 Å². The van der Waals surface area contributed by atoms with Crippen LogP contribution in [0.4, 0.5) is 4.39 Å². The molecule has 0 aliphatic rings. The number of aromatic amines is 1. The summed E-state index contributed by atoms with van der Waals surface area (Å²) in [6.07, 6.45) is 3.40. The molecule has 84 valence electrons. The molecule has 2 heterocycles. The lowest BCUT2D eigenvalue weighted by Crippen LogP contribution is -1.91. The molecule has 0 aliphatic heterocycles. The van der Waals surface area contributed by atoms with Gasteiger partial charge in [-0.15, -0.1) is 0 Å². The maximum Gasteiger partial charge on any atom is 0.197 e. The van der Waals surface area contributed by atoms with Crippen molar-refractivity contribution < 1.29 is 4.39 Å². The highest BCUT2D eigenvalue weighted by atomic mass is 79.9. The first-order valence-corrected chi connectivity index (χ1v) is 5.65. The van der Waals surface area contributed by atoms with Gasteiger partial charge in [0.05, 0.1) is 17.4 Å². The molecular weight excluding hydrogens is 287 g/mol. The van der Waals surface area contributed by atoms with E-state index in [0.29, 0.717) is 10.3 Å². The highest BCUT2D eigenvalue weighted by Gasteiger charge is 2.10.